The SMILES string of the molecule is C=CCC1(CC=C)CN(CCCl)C1. The van der Waals surface area contributed by atoms with Crippen molar-refractivity contribution < 1.29 is 0 Å². The first-order valence-corrected chi connectivity index (χ1v) is 5.30. The van der Waals surface area contributed by atoms with E-state index in [2.05, 4.69) is 18.1 Å². The molecule has 0 aliphatic carbocycles. The first-order chi connectivity index (χ1) is 6.26. The Bertz CT molecular complexity index is 171. The van der Waals surface area contributed by atoms with Gasteiger partial charge in [-0.2, -0.15) is 0 Å². The highest BCUT2D eigenvalue weighted by Gasteiger charge is 2.39. The van der Waals surface area contributed by atoms with Crippen LogP contribution in [-0.2, 0) is 0 Å². The van der Waals surface area contributed by atoms with E-state index in [1.807, 2.05) is 12.2 Å². The average molecular weight is 200 g/mol. The topological polar surface area (TPSA) is 3.24 Å². The molecule has 0 atom stereocenters. The predicted octanol–water partition coefficient (Wildman–Crippen LogP) is 2.68. The van der Waals surface area contributed by atoms with Gasteiger partial charge in [0.05, 0.1) is 0 Å². The van der Waals surface area contributed by atoms with Crippen LogP contribution in [0.15, 0.2) is 25.3 Å². The molecular formula is C11H18ClN. The van der Waals surface area contributed by atoms with E-state index < -0.39 is 0 Å². The maximum Gasteiger partial charge on any atom is 0.0351 e. The molecule has 1 heterocycles. The fraction of sp³-hybridized carbons (Fsp3) is 0.636. The van der Waals surface area contributed by atoms with Gasteiger partial charge in [0.2, 0.25) is 0 Å². The van der Waals surface area contributed by atoms with Crippen LogP contribution in [0.5, 0.6) is 0 Å². The van der Waals surface area contributed by atoms with Crippen molar-refractivity contribution in [3.8, 4) is 0 Å². The molecule has 1 aliphatic heterocycles. The summed E-state index contributed by atoms with van der Waals surface area (Å²) in [5.41, 5.74) is 0.426. The molecule has 0 spiro atoms. The Morgan fingerprint density at radius 2 is 1.77 bits per heavy atom. The van der Waals surface area contributed by atoms with Crippen molar-refractivity contribution >= 4 is 11.6 Å². The third-order valence-corrected chi connectivity index (χ3v) is 2.84. The number of halogens is 1. The van der Waals surface area contributed by atoms with E-state index in [-0.39, 0.29) is 0 Å². The Labute approximate surface area is 86.1 Å². The molecular weight excluding hydrogens is 182 g/mol. The van der Waals surface area contributed by atoms with Gasteiger partial charge in [-0.3, -0.25) is 0 Å². The lowest BCUT2D eigenvalue weighted by atomic mass is 9.74. The molecule has 1 aliphatic rings. The van der Waals surface area contributed by atoms with E-state index >= 15 is 0 Å². The van der Waals surface area contributed by atoms with Crippen LogP contribution in [0, 0.1) is 5.41 Å². The Morgan fingerprint density at radius 3 is 2.15 bits per heavy atom. The zero-order chi connectivity index (χ0) is 9.73. The molecule has 13 heavy (non-hydrogen) atoms. The summed E-state index contributed by atoms with van der Waals surface area (Å²) in [6.45, 7) is 10.9. The van der Waals surface area contributed by atoms with E-state index in [1.165, 1.54) is 0 Å². The minimum absolute atomic E-state index is 0.426. The van der Waals surface area contributed by atoms with Gasteiger partial charge in [-0.1, -0.05) is 12.2 Å². The number of allylic oxidation sites excluding steroid dienone is 2. The summed E-state index contributed by atoms with van der Waals surface area (Å²) in [5.74, 6) is 0.734. The molecule has 0 aromatic rings. The minimum Gasteiger partial charge on any atom is -0.301 e. The Hall–Kier alpha value is -0.270. The van der Waals surface area contributed by atoms with Crippen molar-refractivity contribution in [3.63, 3.8) is 0 Å². The quantitative estimate of drug-likeness (QED) is 0.470. The first kappa shape index (κ1) is 10.8. The largest absolute Gasteiger partial charge is 0.301 e. The normalized spacial score (nSPS) is 20.7. The summed E-state index contributed by atoms with van der Waals surface area (Å²) >= 11 is 5.67. The monoisotopic (exact) mass is 199 g/mol. The van der Waals surface area contributed by atoms with Gasteiger partial charge in [-0.25, -0.2) is 0 Å². The van der Waals surface area contributed by atoms with Gasteiger partial charge in [0.25, 0.3) is 0 Å². The molecule has 0 aromatic heterocycles. The Balaban J connectivity index is 2.37. The van der Waals surface area contributed by atoms with Gasteiger partial charge < -0.3 is 4.90 Å². The highest BCUT2D eigenvalue weighted by atomic mass is 35.5. The van der Waals surface area contributed by atoms with Crippen LogP contribution in [0.3, 0.4) is 0 Å². The Kier molecular flexibility index (Phi) is 4.01. The van der Waals surface area contributed by atoms with E-state index in [4.69, 9.17) is 11.6 Å². The fourth-order valence-corrected chi connectivity index (χ4v) is 2.37. The molecule has 2 heteroatoms. The van der Waals surface area contributed by atoms with Crippen LogP contribution in [0.2, 0.25) is 0 Å². The molecule has 1 rings (SSSR count). The summed E-state index contributed by atoms with van der Waals surface area (Å²) in [7, 11) is 0. The lowest BCUT2D eigenvalue weighted by Gasteiger charge is -2.49. The van der Waals surface area contributed by atoms with Gasteiger partial charge in [0.1, 0.15) is 0 Å². The second-order valence-corrected chi connectivity index (χ2v) is 4.26. The number of hydrogen-bond acceptors (Lipinski definition) is 1. The van der Waals surface area contributed by atoms with Gasteiger partial charge in [-0.15, -0.1) is 24.8 Å². The highest BCUT2D eigenvalue weighted by molar-refractivity contribution is 6.18. The Morgan fingerprint density at radius 1 is 1.23 bits per heavy atom. The molecule has 1 fully saturated rings. The van der Waals surface area contributed by atoms with E-state index in [0.29, 0.717) is 5.41 Å². The molecule has 0 saturated carbocycles. The van der Waals surface area contributed by atoms with Crippen LogP contribution < -0.4 is 0 Å². The van der Waals surface area contributed by atoms with Gasteiger partial charge in [-0.05, 0) is 12.8 Å². The van der Waals surface area contributed by atoms with E-state index in [9.17, 15) is 0 Å². The minimum atomic E-state index is 0.426. The van der Waals surface area contributed by atoms with Crippen molar-refractivity contribution in [2.24, 2.45) is 5.41 Å². The second kappa shape index (κ2) is 4.83. The van der Waals surface area contributed by atoms with Crippen molar-refractivity contribution in [1.29, 1.82) is 0 Å². The highest BCUT2D eigenvalue weighted by Crippen LogP contribution is 2.37. The molecule has 0 aromatic carbocycles. The number of hydrogen-bond donors (Lipinski definition) is 0. The number of alkyl halides is 1. The van der Waals surface area contributed by atoms with Crippen LogP contribution in [0.1, 0.15) is 12.8 Å². The molecule has 1 nitrogen and oxygen atoms in total. The molecule has 0 bridgehead atoms. The fourth-order valence-electron chi connectivity index (χ4n) is 2.13. The lowest BCUT2D eigenvalue weighted by Crippen LogP contribution is -2.56. The molecule has 0 radical (unpaired) electrons. The van der Waals surface area contributed by atoms with Crippen molar-refractivity contribution in [2.75, 3.05) is 25.5 Å². The predicted molar refractivity (Wildman–Crippen MR) is 59.2 cm³/mol. The van der Waals surface area contributed by atoms with Crippen molar-refractivity contribution in [1.82, 2.24) is 4.90 Å². The summed E-state index contributed by atoms with van der Waals surface area (Å²) in [4.78, 5) is 2.39. The molecule has 0 unspecified atom stereocenters. The maximum absolute atomic E-state index is 5.67. The number of likely N-dealkylation sites (tertiary alicyclic amines) is 1. The molecule has 0 amide bonds. The van der Waals surface area contributed by atoms with E-state index in [1.54, 1.807) is 0 Å². The molecule has 1 saturated heterocycles. The standard InChI is InChI=1S/C11H18ClN/c1-3-5-11(6-4-2)9-13(10-11)8-7-12/h3-4H,1-2,5-10H2. The van der Waals surface area contributed by atoms with Crippen molar-refractivity contribution in [2.45, 2.75) is 12.8 Å². The van der Waals surface area contributed by atoms with Gasteiger partial charge in [0.15, 0.2) is 0 Å². The smallest absolute Gasteiger partial charge is 0.0351 e. The van der Waals surface area contributed by atoms with Crippen molar-refractivity contribution in [3.05, 3.63) is 25.3 Å². The maximum atomic E-state index is 5.67. The third kappa shape index (κ3) is 2.58. The van der Waals surface area contributed by atoms with Crippen LogP contribution in [0.25, 0.3) is 0 Å². The number of rotatable bonds is 6. The summed E-state index contributed by atoms with van der Waals surface area (Å²) in [5, 5.41) is 0. The summed E-state index contributed by atoms with van der Waals surface area (Å²) in [6.07, 6.45) is 6.22. The number of nitrogens with zero attached hydrogens (tertiary/aromatic N) is 1. The summed E-state index contributed by atoms with van der Waals surface area (Å²) in [6, 6.07) is 0. The average Bonchev–Trinajstić information content (AvgIpc) is 2.03. The second-order valence-electron chi connectivity index (χ2n) is 3.89. The first-order valence-electron chi connectivity index (χ1n) is 4.76. The molecule has 0 N–H and O–H groups in total. The van der Waals surface area contributed by atoms with Crippen LogP contribution in [-0.4, -0.2) is 30.4 Å². The zero-order valence-corrected chi connectivity index (χ0v) is 8.89. The molecule has 74 valence electrons. The van der Waals surface area contributed by atoms with Gasteiger partial charge >= 0.3 is 0 Å². The van der Waals surface area contributed by atoms with Crippen LogP contribution >= 0.6 is 11.6 Å². The third-order valence-electron chi connectivity index (χ3n) is 2.67. The summed E-state index contributed by atoms with van der Waals surface area (Å²) < 4.78 is 0. The van der Waals surface area contributed by atoms with Gasteiger partial charge in [0, 0.05) is 30.9 Å². The lowest BCUT2D eigenvalue weighted by molar-refractivity contribution is 0.0103. The van der Waals surface area contributed by atoms with E-state index in [0.717, 1.165) is 38.4 Å². The van der Waals surface area contributed by atoms with Crippen LogP contribution in [0.4, 0.5) is 0 Å². The zero-order valence-electron chi connectivity index (χ0n) is 8.14.